The van der Waals surface area contributed by atoms with Gasteiger partial charge in [0.05, 0.1) is 5.56 Å². The molecule has 0 aliphatic carbocycles. The molecule has 1 heterocycles. The van der Waals surface area contributed by atoms with Gasteiger partial charge in [0.2, 0.25) is 0 Å². The van der Waals surface area contributed by atoms with Crippen LogP contribution in [-0.4, -0.2) is 32.8 Å². The lowest BCUT2D eigenvalue weighted by atomic mass is 10.1. The van der Waals surface area contributed by atoms with Crippen LogP contribution < -0.4 is 5.32 Å². The molecule has 1 fully saturated rings. The van der Waals surface area contributed by atoms with E-state index in [1.54, 1.807) is 12.1 Å². The van der Waals surface area contributed by atoms with Gasteiger partial charge in [-0.1, -0.05) is 22.0 Å². The molecule has 1 aliphatic heterocycles. The third kappa shape index (κ3) is 4.12. The van der Waals surface area contributed by atoms with E-state index in [1.807, 2.05) is 6.07 Å². The second-order valence-electron chi connectivity index (χ2n) is 4.61. The Morgan fingerprint density at radius 1 is 1.42 bits per heavy atom. The molecular weight excluding hydrogens is 330 g/mol. The number of hydrogen-bond donors (Lipinski definition) is 2. The minimum Gasteiger partial charge on any atom is -0.478 e. The lowest BCUT2D eigenvalue weighted by Gasteiger charge is -2.22. The highest BCUT2D eigenvalue weighted by Crippen LogP contribution is 2.19. The Labute approximate surface area is 123 Å². The normalized spacial score (nSPS) is 23.2. The van der Waals surface area contributed by atoms with E-state index in [0.29, 0.717) is 12.6 Å². The number of halogens is 1. The van der Waals surface area contributed by atoms with Crippen molar-refractivity contribution in [3.05, 3.63) is 33.8 Å². The predicted octanol–water partition coefficient (Wildman–Crippen LogP) is 2.15. The zero-order valence-corrected chi connectivity index (χ0v) is 12.8. The second kappa shape index (κ2) is 6.63. The highest BCUT2D eigenvalue weighted by Gasteiger charge is 2.17. The van der Waals surface area contributed by atoms with Crippen LogP contribution in [-0.2, 0) is 17.3 Å². The number of nitrogens with one attached hydrogen (secondary N) is 1. The van der Waals surface area contributed by atoms with Gasteiger partial charge in [-0.2, -0.15) is 0 Å². The van der Waals surface area contributed by atoms with E-state index in [0.717, 1.165) is 34.4 Å². The van der Waals surface area contributed by atoms with E-state index in [2.05, 4.69) is 21.2 Å². The van der Waals surface area contributed by atoms with Gasteiger partial charge in [-0.15, -0.1) is 0 Å². The highest BCUT2D eigenvalue weighted by molar-refractivity contribution is 9.10. The van der Waals surface area contributed by atoms with Crippen LogP contribution in [0.1, 0.15) is 28.8 Å². The molecule has 0 saturated carbocycles. The van der Waals surface area contributed by atoms with E-state index in [4.69, 9.17) is 5.11 Å². The van der Waals surface area contributed by atoms with Crippen LogP contribution in [0.15, 0.2) is 22.7 Å². The summed E-state index contributed by atoms with van der Waals surface area (Å²) in [5.41, 5.74) is 1.32. The zero-order valence-electron chi connectivity index (χ0n) is 10.4. The second-order valence-corrected chi connectivity index (χ2v) is 7.17. The van der Waals surface area contributed by atoms with Gasteiger partial charge in [0, 0.05) is 39.4 Å². The summed E-state index contributed by atoms with van der Waals surface area (Å²) < 4.78 is 12.1. The molecule has 6 heteroatoms. The number of aromatic carboxylic acids is 1. The fraction of sp³-hybridized carbons (Fsp3) is 0.462. The molecule has 1 saturated heterocycles. The Balaban J connectivity index is 1.92. The summed E-state index contributed by atoms with van der Waals surface area (Å²) >= 11 is 3.40. The number of rotatable bonds is 4. The molecule has 4 nitrogen and oxygen atoms in total. The van der Waals surface area contributed by atoms with Gasteiger partial charge in [0.1, 0.15) is 0 Å². The Hall–Kier alpha value is -0.720. The van der Waals surface area contributed by atoms with Crippen LogP contribution in [0.3, 0.4) is 0 Å². The van der Waals surface area contributed by atoms with Crippen LogP contribution in [0.25, 0.3) is 0 Å². The molecule has 2 rings (SSSR count). The van der Waals surface area contributed by atoms with Crippen LogP contribution in [0.2, 0.25) is 0 Å². The summed E-state index contributed by atoms with van der Waals surface area (Å²) in [7, 11) is -0.636. The summed E-state index contributed by atoms with van der Waals surface area (Å²) in [6.45, 7) is 0.692. The van der Waals surface area contributed by atoms with Crippen molar-refractivity contribution in [3.8, 4) is 0 Å². The molecule has 0 spiro atoms. The Kier molecular flexibility index (Phi) is 5.13. The van der Waals surface area contributed by atoms with Gasteiger partial charge < -0.3 is 10.4 Å². The lowest BCUT2D eigenvalue weighted by Crippen LogP contribution is -2.35. The number of hydrogen-bond acceptors (Lipinski definition) is 3. The average molecular weight is 346 g/mol. The topological polar surface area (TPSA) is 66.4 Å². The summed E-state index contributed by atoms with van der Waals surface area (Å²) in [5.74, 6) is 0.628. The maximum absolute atomic E-state index is 11.3. The Bertz CT molecular complexity index is 497. The molecule has 0 aromatic heterocycles. The van der Waals surface area contributed by atoms with Gasteiger partial charge in [-0.3, -0.25) is 4.21 Å². The Morgan fingerprint density at radius 3 is 2.68 bits per heavy atom. The van der Waals surface area contributed by atoms with Gasteiger partial charge in [-0.05, 0) is 30.5 Å². The molecule has 1 aromatic rings. The van der Waals surface area contributed by atoms with Crippen molar-refractivity contribution in [2.45, 2.75) is 25.4 Å². The Morgan fingerprint density at radius 2 is 2.11 bits per heavy atom. The van der Waals surface area contributed by atoms with Crippen LogP contribution in [0.4, 0.5) is 0 Å². The largest absolute Gasteiger partial charge is 0.478 e. The molecule has 1 aliphatic rings. The first-order valence-corrected chi connectivity index (χ1v) is 8.44. The fourth-order valence-electron chi connectivity index (χ4n) is 2.08. The van der Waals surface area contributed by atoms with Crippen molar-refractivity contribution in [1.29, 1.82) is 0 Å². The van der Waals surface area contributed by atoms with Crippen molar-refractivity contribution >= 4 is 32.7 Å². The van der Waals surface area contributed by atoms with E-state index in [9.17, 15) is 9.00 Å². The van der Waals surface area contributed by atoms with Gasteiger partial charge >= 0.3 is 5.97 Å². The monoisotopic (exact) mass is 345 g/mol. The first kappa shape index (κ1) is 14.7. The lowest BCUT2D eigenvalue weighted by molar-refractivity contribution is 0.0697. The van der Waals surface area contributed by atoms with Crippen molar-refractivity contribution in [2.75, 3.05) is 11.5 Å². The fourth-order valence-corrected chi connectivity index (χ4v) is 3.89. The van der Waals surface area contributed by atoms with Gasteiger partial charge in [-0.25, -0.2) is 4.79 Å². The number of carbonyl (C=O) groups is 1. The molecule has 2 N–H and O–H groups in total. The first-order valence-electron chi connectivity index (χ1n) is 6.16. The third-order valence-corrected chi connectivity index (χ3v) is 5.39. The van der Waals surface area contributed by atoms with Crippen molar-refractivity contribution < 1.29 is 14.1 Å². The third-order valence-electron chi connectivity index (χ3n) is 3.27. The van der Waals surface area contributed by atoms with Gasteiger partial charge in [0.25, 0.3) is 0 Å². The minimum atomic E-state index is -0.921. The van der Waals surface area contributed by atoms with E-state index >= 15 is 0 Å². The minimum absolute atomic E-state index is 0.281. The van der Waals surface area contributed by atoms with E-state index in [-0.39, 0.29) is 5.56 Å². The summed E-state index contributed by atoms with van der Waals surface area (Å²) in [6.07, 6.45) is 1.88. The molecule has 0 radical (unpaired) electrons. The molecule has 104 valence electrons. The maximum Gasteiger partial charge on any atom is 0.335 e. The maximum atomic E-state index is 11.3. The number of carboxylic acids is 1. The first-order chi connectivity index (χ1) is 9.06. The number of carboxylic acid groups (broad SMARTS) is 1. The molecule has 0 amide bonds. The summed E-state index contributed by atoms with van der Waals surface area (Å²) in [6, 6.07) is 5.46. The van der Waals surface area contributed by atoms with Gasteiger partial charge in [0.15, 0.2) is 0 Å². The molecule has 1 aromatic carbocycles. The molecule has 0 bridgehead atoms. The van der Waals surface area contributed by atoms with Crippen molar-refractivity contribution in [1.82, 2.24) is 5.32 Å². The zero-order chi connectivity index (χ0) is 13.8. The predicted molar refractivity (Wildman–Crippen MR) is 78.8 cm³/mol. The van der Waals surface area contributed by atoms with Crippen molar-refractivity contribution in [2.24, 2.45) is 0 Å². The van der Waals surface area contributed by atoms with Crippen LogP contribution in [0.5, 0.6) is 0 Å². The summed E-state index contributed by atoms with van der Waals surface area (Å²) in [5, 5.41) is 12.3. The highest BCUT2D eigenvalue weighted by atomic mass is 79.9. The van der Waals surface area contributed by atoms with E-state index < -0.39 is 16.8 Å². The quantitative estimate of drug-likeness (QED) is 0.877. The molecular formula is C13H16BrNO3S. The van der Waals surface area contributed by atoms with E-state index in [1.165, 1.54) is 0 Å². The smallest absolute Gasteiger partial charge is 0.335 e. The average Bonchev–Trinajstić information content (AvgIpc) is 2.39. The summed E-state index contributed by atoms with van der Waals surface area (Å²) in [4.78, 5) is 10.8. The SMILES string of the molecule is O=C(O)c1ccc(CNC2CCS(=O)CC2)c(Br)c1. The molecule has 19 heavy (non-hydrogen) atoms. The standard InChI is InChI=1S/C13H16BrNO3S/c14-12-7-9(13(16)17)1-2-10(12)8-15-11-3-5-19(18)6-4-11/h1-2,7,11,15H,3-6,8H2,(H,16,17). The number of benzene rings is 1. The van der Waals surface area contributed by atoms with Crippen LogP contribution in [0, 0.1) is 0 Å². The van der Waals surface area contributed by atoms with Crippen LogP contribution >= 0.6 is 15.9 Å². The molecule has 0 unspecified atom stereocenters. The van der Waals surface area contributed by atoms with Crippen molar-refractivity contribution in [3.63, 3.8) is 0 Å². The molecule has 0 atom stereocenters.